The topological polar surface area (TPSA) is 78.5 Å². The predicted molar refractivity (Wildman–Crippen MR) is 111 cm³/mol. The lowest BCUT2D eigenvalue weighted by molar-refractivity contribution is -0.137. The molecule has 1 saturated heterocycles. The van der Waals surface area contributed by atoms with Crippen molar-refractivity contribution in [2.24, 2.45) is 0 Å². The molecule has 2 aliphatic rings. The molecule has 2 heterocycles. The van der Waals surface area contributed by atoms with E-state index in [4.69, 9.17) is 0 Å². The Kier molecular flexibility index (Phi) is 5.85. The minimum absolute atomic E-state index is 0.136. The average molecular weight is 463 g/mol. The molecule has 6 nitrogen and oxygen atoms in total. The number of amides is 3. The van der Waals surface area contributed by atoms with Crippen LogP contribution in [0.15, 0.2) is 36.4 Å². The van der Waals surface area contributed by atoms with Crippen LogP contribution in [0.2, 0.25) is 0 Å². The summed E-state index contributed by atoms with van der Waals surface area (Å²) in [4.78, 5) is 39.2. The largest absolute Gasteiger partial charge is 0.416 e. The molecule has 3 amide bonds. The smallest absolute Gasteiger partial charge is 0.343 e. The van der Waals surface area contributed by atoms with E-state index in [2.05, 4.69) is 10.6 Å². The number of alkyl halides is 3. The van der Waals surface area contributed by atoms with E-state index in [1.54, 1.807) is 11.0 Å². The molecule has 33 heavy (non-hydrogen) atoms. The normalized spacial score (nSPS) is 20.3. The van der Waals surface area contributed by atoms with Gasteiger partial charge >= 0.3 is 6.18 Å². The van der Waals surface area contributed by atoms with Crippen LogP contribution in [-0.4, -0.2) is 35.2 Å². The predicted octanol–water partition coefficient (Wildman–Crippen LogP) is 4.28. The van der Waals surface area contributed by atoms with Crippen LogP contribution in [0.1, 0.15) is 64.1 Å². The van der Waals surface area contributed by atoms with Gasteiger partial charge in [0, 0.05) is 35.8 Å². The van der Waals surface area contributed by atoms with Crippen LogP contribution in [0.4, 0.5) is 23.2 Å². The fraction of sp³-hybridized carbons (Fsp3) is 0.348. The lowest BCUT2D eigenvalue weighted by Gasteiger charge is -2.39. The molecule has 4 rings (SSSR count). The second kappa shape index (κ2) is 8.49. The van der Waals surface area contributed by atoms with Gasteiger partial charge in [-0.25, -0.2) is 4.39 Å². The van der Waals surface area contributed by atoms with Gasteiger partial charge in [-0.05, 0) is 49.6 Å². The van der Waals surface area contributed by atoms with Gasteiger partial charge in [0.1, 0.15) is 5.82 Å². The molecule has 1 fully saturated rings. The van der Waals surface area contributed by atoms with E-state index in [1.165, 1.54) is 19.1 Å². The molecule has 2 N–H and O–H groups in total. The Bertz CT molecular complexity index is 1130. The van der Waals surface area contributed by atoms with Crippen LogP contribution in [0.5, 0.6) is 0 Å². The molecular weight excluding hydrogens is 442 g/mol. The van der Waals surface area contributed by atoms with Gasteiger partial charge in [0.2, 0.25) is 5.91 Å². The molecule has 0 spiro atoms. The van der Waals surface area contributed by atoms with Crippen LogP contribution in [0.3, 0.4) is 0 Å². The number of benzene rings is 2. The number of piperidine rings is 1. The number of hydrogen-bond acceptors (Lipinski definition) is 3. The van der Waals surface area contributed by atoms with E-state index >= 15 is 0 Å². The third-order valence-corrected chi connectivity index (χ3v) is 6.02. The van der Waals surface area contributed by atoms with Crippen molar-refractivity contribution >= 4 is 23.4 Å². The van der Waals surface area contributed by atoms with E-state index in [1.807, 2.05) is 0 Å². The Morgan fingerprint density at radius 1 is 1.15 bits per heavy atom. The van der Waals surface area contributed by atoms with Crippen molar-refractivity contribution in [3.05, 3.63) is 64.5 Å². The van der Waals surface area contributed by atoms with Gasteiger partial charge in [0.05, 0.1) is 17.6 Å². The quantitative estimate of drug-likeness (QED) is 0.667. The summed E-state index contributed by atoms with van der Waals surface area (Å²) in [5, 5.41) is 5.40. The first-order chi connectivity index (χ1) is 15.6. The Morgan fingerprint density at radius 3 is 2.61 bits per heavy atom. The molecule has 0 saturated carbocycles. The number of anilines is 1. The molecule has 2 unspecified atom stereocenters. The Balaban J connectivity index is 1.69. The maximum atomic E-state index is 13.8. The molecule has 0 bridgehead atoms. The number of carbonyl (C=O) groups is 3. The van der Waals surface area contributed by atoms with Gasteiger partial charge in [0.15, 0.2) is 0 Å². The fourth-order valence-corrected chi connectivity index (χ4v) is 4.56. The highest BCUT2D eigenvalue weighted by atomic mass is 19.4. The summed E-state index contributed by atoms with van der Waals surface area (Å²) in [5.41, 5.74) is -0.798. The van der Waals surface area contributed by atoms with Crippen LogP contribution in [-0.2, 0) is 11.0 Å². The van der Waals surface area contributed by atoms with Gasteiger partial charge in [-0.1, -0.05) is 6.07 Å². The van der Waals surface area contributed by atoms with Crippen molar-refractivity contribution in [1.29, 1.82) is 0 Å². The Hall–Kier alpha value is -3.43. The number of halogens is 4. The molecule has 2 aromatic carbocycles. The van der Waals surface area contributed by atoms with Crippen molar-refractivity contribution in [3.8, 4) is 0 Å². The van der Waals surface area contributed by atoms with Crippen molar-refractivity contribution in [1.82, 2.24) is 10.2 Å². The maximum absolute atomic E-state index is 13.8. The van der Waals surface area contributed by atoms with E-state index in [0.717, 1.165) is 12.8 Å². The lowest BCUT2D eigenvalue weighted by Crippen LogP contribution is -2.48. The lowest BCUT2D eigenvalue weighted by atomic mass is 9.90. The number of nitrogens with zero attached hydrogens (tertiary/aromatic N) is 1. The zero-order valence-electron chi connectivity index (χ0n) is 17.6. The number of nitrogens with one attached hydrogen (secondary N) is 2. The van der Waals surface area contributed by atoms with Crippen LogP contribution in [0.25, 0.3) is 0 Å². The number of fused-ring (bicyclic) bond motifs is 1. The molecule has 0 radical (unpaired) electrons. The van der Waals surface area contributed by atoms with Crippen LogP contribution < -0.4 is 10.6 Å². The Labute approximate surface area is 186 Å². The first kappa shape index (κ1) is 22.8. The van der Waals surface area contributed by atoms with Gasteiger partial charge in [-0.3, -0.25) is 14.4 Å². The summed E-state index contributed by atoms with van der Waals surface area (Å²) in [6.45, 7) is 1.99. The minimum atomic E-state index is -4.82. The molecule has 10 heteroatoms. The zero-order chi connectivity index (χ0) is 23.9. The number of rotatable bonds is 3. The first-order valence-corrected chi connectivity index (χ1v) is 10.5. The number of likely N-dealkylation sites (tertiary alicyclic amines) is 1. The van der Waals surface area contributed by atoms with E-state index in [9.17, 15) is 31.9 Å². The average Bonchev–Trinajstić information content (AvgIpc) is 3.10. The third-order valence-electron chi connectivity index (χ3n) is 6.02. The summed E-state index contributed by atoms with van der Waals surface area (Å²) < 4.78 is 52.9. The van der Waals surface area contributed by atoms with E-state index in [0.29, 0.717) is 42.3 Å². The standard InChI is InChI=1S/C23H21F4N3O3/c1-12(31)30-8-3-2-7-18(30)20-19-16(22(33)29-20)5-4-6-17(19)28-21(32)13-9-14(23(25,26)27)11-15(24)10-13/h4-6,9-11,18,20H,2-3,7-8H2,1H3,(H,28,32)(H,29,33). The van der Waals surface area contributed by atoms with E-state index < -0.39 is 35.1 Å². The molecule has 0 aliphatic carbocycles. The maximum Gasteiger partial charge on any atom is 0.416 e. The summed E-state index contributed by atoms with van der Waals surface area (Å²) >= 11 is 0. The minimum Gasteiger partial charge on any atom is -0.343 e. The molecule has 0 aromatic heterocycles. The summed E-state index contributed by atoms with van der Waals surface area (Å²) in [6.07, 6.45) is -2.48. The Morgan fingerprint density at radius 2 is 1.91 bits per heavy atom. The number of carbonyl (C=O) groups excluding carboxylic acids is 3. The highest BCUT2D eigenvalue weighted by Gasteiger charge is 2.41. The molecule has 174 valence electrons. The van der Waals surface area contributed by atoms with Crippen molar-refractivity contribution in [2.75, 3.05) is 11.9 Å². The summed E-state index contributed by atoms with van der Waals surface area (Å²) in [6, 6.07) is 5.31. The molecule has 2 aliphatic heterocycles. The van der Waals surface area contributed by atoms with Crippen molar-refractivity contribution in [3.63, 3.8) is 0 Å². The van der Waals surface area contributed by atoms with Gasteiger partial charge < -0.3 is 15.5 Å². The van der Waals surface area contributed by atoms with Gasteiger partial charge in [0.25, 0.3) is 11.8 Å². The highest BCUT2D eigenvalue weighted by molar-refractivity contribution is 6.07. The summed E-state index contributed by atoms with van der Waals surface area (Å²) in [5.74, 6) is -2.64. The van der Waals surface area contributed by atoms with Gasteiger partial charge in [-0.15, -0.1) is 0 Å². The molecule has 2 atom stereocenters. The molecular formula is C23H21F4N3O3. The van der Waals surface area contributed by atoms with Crippen molar-refractivity contribution in [2.45, 2.75) is 44.4 Å². The van der Waals surface area contributed by atoms with Crippen LogP contribution >= 0.6 is 0 Å². The monoisotopic (exact) mass is 463 g/mol. The SMILES string of the molecule is CC(=O)N1CCCCC1C1NC(=O)c2cccc(NC(=O)c3cc(F)cc(C(F)(F)F)c3)c21. The first-order valence-electron chi connectivity index (χ1n) is 10.5. The third kappa shape index (κ3) is 4.42. The summed E-state index contributed by atoms with van der Waals surface area (Å²) in [7, 11) is 0. The van der Waals surface area contributed by atoms with Crippen molar-refractivity contribution < 1.29 is 31.9 Å². The second-order valence-electron chi connectivity index (χ2n) is 8.17. The fourth-order valence-electron chi connectivity index (χ4n) is 4.56. The highest BCUT2D eigenvalue weighted by Crippen LogP contribution is 2.39. The second-order valence-corrected chi connectivity index (χ2v) is 8.17. The van der Waals surface area contributed by atoms with Gasteiger partial charge in [-0.2, -0.15) is 13.2 Å². The number of hydrogen-bond donors (Lipinski definition) is 2. The van der Waals surface area contributed by atoms with Crippen LogP contribution in [0, 0.1) is 5.82 Å². The van der Waals surface area contributed by atoms with E-state index in [-0.39, 0.29) is 23.5 Å². The molecule has 2 aromatic rings. The zero-order valence-corrected chi connectivity index (χ0v) is 17.6.